The van der Waals surface area contributed by atoms with Gasteiger partial charge in [0.05, 0.1) is 7.11 Å². The molecule has 2 aliphatic rings. The van der Waals surface area contributed by atoms with Crippen molar-refractivity contribution in [3.8, 4) is 11.5 Å². The van der Waals surface area contributed by atoms with Gasteiger partial charge in [-0.25, -0.2) is 4.79 Å². The van der Waals surface area contributed by atoms with E-state index in [9.17, 15) is 4.79 Å². The Balaban J connectivity index is 0.000000170. The minimum atomic E-state index is -0.956. The number of rotatable bonds is 3. The maximum absolute atomic E-state index is 10.2. The third-order valence-corrected chi connectivity index (χ3v) is 3.67. The van der Waals surface area contributed by atoms with Crippen LogP contribution in [0.15, 0.2) is 53.0 Å². The van der Waals surface area contributed by atoms with Crippen molar-refractivity contribution in [1.29, 1.82) is 0 Å². The fourth-order valence-corrected chi connectivity index (χ4v) is 2.28. The molecule has 0 atom stereocenters. The Bertz CT molecular complexity index is 695. The van der Waals surface area contributed by atoms with Crippen molar-refractivity contribution in [3.63, 3.8) is 0 Å². The fourth-order valence-electron chi connectivity index (χ4n) is 1.81. The van der Waals surface area contributed by atoms with E-state index in [2.05, 4.69) is 22.0 Å². The lowest BCUT2D eigenvalue weighted by molar-refractivity contribution is -0.131. The summed E-state index contributed by atoms with van der Waals surface area (Å²) in [6, 6.07) is 13.2. The number of hydrogen-bond acceptors (Lipinski definition) is 3. The maximum atomic E-state index is 10.2. The molecule has 1 N–H and O–H groups in total. The van der Waals surface area contributed by atoms with E-state index in [4.69, 9.17) is 14.6 Å². The molecule has 0 spiro atoms. The molecule has 0 aromatic heterocycles. The average molecular weight is 363 g/mol. The second kappa shape index (κ2) is 7.66. The molecule has 0 aliphatic carbocycles. The van der Waals surface area contributed by atoms with Gasteiger partial charge in [0.15, 0.2) is 0 Å². The van der Waals surface area contributed by atoms with Gasteiger partial charge in [0, 0.05) is 16.1 Å². The van der Waals surface area contributed by atoms with Gasteiger partial charge in [-0.2, -0.15) is 0 Å². The van der Waals surface area contributed by atoms with E-state index in [1.807, 2.05) is 18.2 Å². The molecule has 0 saturated carbocycles. The maximum Gasteiger partial charge on any atom is 0.328 e. The third kappa shape index (κ3) is 4.63. The molecule has 2 bridgehead atoms. The SMILES string of the molecule is Brc1cc2ccc1CO2.COc1cccc(/C=C/C(=O)O)c1. The van der Waals surface area contributed by atoms with Crippen LogP contribution in [0.1, 0.15) is 11.1 Å². The zero-order valence-corrected chi connectivity index (χ0v) is 13.5. The molecule has 0 fully saturated rings. The summed E-state index contributed by atoms with van der Waals surface area (Å²) in [4.78, 5) is 10.2. The second-order valence-corrected chi connectivity index (χ2v) is 5.34. The molecule has 2 heterocycles. The minimum absolute atomic E-state index is 0.715. The largest absolute Gasteiger partial charge is 0.497 e. The molecule has 2 aliphatic heterocycles. The lowest BCUT2D eigenvalue weighted by atomic mass is 10.2. The Morgan fingerprint density at radius 3 is 2.59 bits per heavy atom. The first kappa shape index (κ1) is 16.1. The van der Waals surface area contributed by atoms with Crippen LogP contribution in [0.3, 0.4) is 0 Å². The van der Waals surface area contributed by atoms with Gasteiger partial charge in [0.25, 0.3) is 0 Å². The van der Waals surface area contributed by atoms with Crippen LogP contribution in [0.5, 0.6) is 11.5 Å². The highest BCUT2D eigenvalue weighted by Crippen LogP contribution is 2.28. The number of hydrogen-bond donors (Lipinski definition) is 1. The number of aliphatic carboxylic acids is 1. The summed E-state index contributed by atoms with van der Waals surface area (Å²) in [7, 11) is 1.57. The van der Waals surface area contributed by atoms with Crippen LogP contribution < -0.4 is 9.47 Å². The molecule has 2 aromatic carbocycles. The Hall–Kier alpha value is -2.27. The molecular weight excluding hydrogens is 348 g/mol. The summed E-state index contributed by atoms with van der Waals surface area (Å²) < 4.78 is 11.4. The summed E-state index contributed by atoms with van der Waals surface area (Å²) in [5.74, 6) is 0.715. The summed E-state index contributed by atoms with van der Waals surface area (Å²) >= 11 is 3.42. The van der Waals surface area contributed by atoms with E-state index >= 15 is 0 Å². The smallest absolute Gasteiger partial charge is 0.328 e. The molecule has 0 saturated heterocycles. The highest BCUT2D eigenvalue weighted by atomic mass is 79.9. The monoisotopic (exact) mass is 362 g/mol. The van der Waals surface area contributed by atoms with Crippen molar-refractivity contribution in [2.24, 2.45) is 0 Å². The second-order valence-electron chi connectivity index (χ2n) is 4.49. The summed E-state index contributed by atoms with van der Waals surface area (Å²) in [6.45, 7) is 0.725. The normalized spacial score (nSPS) is 11.5. The number of halogens is 1. The zero-order valence-electron chi connectivity index (χ0n) is 12.0. The topological polar surface area (TPSA) is 55.8 Å². The Kier molecular flexibility index (Phi) is 5.61. The number of ether oxygens (including phenoxy) is 2. The van der Waals surface area contributed by atoms with Crippen molar-refractivity contribution in [1.82, 2.24) is 0 Å². The van der Waals surface area contributed by atoms with Crippen LogP contribution in [0.2, 0.25) is 0 Å². The molecule has 2 aromatic rings. The van der Waals surface area contributed by atoms with Gasteiger partial charge in [0.1, 0.15) is 18.1 Å². The van der Waals surface area contributed by atoms with Gasteiger partial charge in [-0.15, -0.1) is 0 Å². The average Bonchev–Trinajstić information content (AvgIpc) is 2.55. The van der Waals surface area contributed by atoms with Crippen LogP contribution in [0, 0.1) is 0 Å². The van der Waals surface area contributed by atoms with Gasteiger partial charge >= 0.3 is 5.97 Å². The zero-order chi connectivity index (χ0) is 15.9. The highest BCUT2D eigenvalue weighted by Gasteiger charge is 2.08. The first-order chi connectivity index (χ1) is 10.6. The lowest BCUT2D eigenvalue weighted by Crippen LogP contribution is -2.02. The molecular formula is C17H15BrO4. The molecule has 4 nitrogen and oxygen atoms in total. The van der Waals surface area contributed by atoms with Crippen LogP contribution in [-0.2, 0) is 11.4 Å². The number of carboxylic acids is 1. The lowest BCUT2D eigenvalue weighted by Gasteiger charge is -2.14. The van der Waals surface area contributed by atoms with Crippen LogP contribution in [0.25, 0.3) is 6.08 Å². The number of benzene rings is 2. The standard InChI is InChI=1S/C10H10O3.C7H5BrO/c1-13-9-4-2-3-8(7-9)5-6-10(11)12;8-7-3-6-2-1-5(7)4-9-6/h2-7H,1H3,(H,11,12);1-3H,4H2/b6-5+;. The first-order valence-corrected chi connectivity index (χ1v) is 7.34. The summed E-state index contributed by atoms with van der Waals surface area (Å²) in [5.41, 5.74) is 2.03. The van der Waals surface area contributed by atoms with Crippen molar-refractivity contribution in [2.45, 2.75) is 6.61 Å². The molecule has 4 rings (SSSR count). The van der Waals surface area contributed by atoms with E-state index in [0.717, 1.165) is 28.5 Å². The van der Waals surface area contributed by atoms with Crippen molar-refractivity contribution >= 4 is 28.0 Å². The van der Waals surface area contributed by atoms with Crippen molar-refractivity contribution in [2.75, 3.05) is 7.11 Å². The molecule has 0 amide bonds. The Morgan fingerprint density at radius 1 is 1.32 bits per heavy atom. The van der Waals surface area contributed by atoms with E-state index < -0.39 is 5.97 Å². The molecule has 0 unspecified atom stereocenters. The van der Waals surface area contributed by atoms with Crippen molar-refractivity contribution in [3.05, 3.63) is 64.1 Å². The predicted octanol–water partition coefficient (Wildman–Crippen LogP) is 4.13. The number of methoxy groups -OCH3 is 1. The van der Waals surface area contributed by atoms with Gasteiger partial charge in [0.2, 0.25) is 0 Å². The summed E-state index contributed by atoms with van der Waals surface area (Å²) in [5, 5.41) is 8.38. The highest BCUT2D eigenvalue weighted by molar-refractivity contribution is 9.10. The van der Waals surface area contributed by atoms with Crippen LogP contribution >= 0.6 is 15.9 Å². The van der Waals surface area contributed by atoms with Gasteiger partial charge < -0.3 is 14.6 Å². The quantitative estimate of drug-likeness (QED) is 0.833. The minimum Gasteiger partial charge on any atom is -0.497 e. The number of carbonyl (C=O) groups is 1. The van der Waals surface area contributed by atoms with Crippen LogP contribution in [-0.4, -0.2) is 18.2 Å². The van der Waals surface area contributed by atoms with E-state index in [1.165, 1.54) is 11.6 Å². The van der Waals surface area contributed by atoms with E-state index in [-0.39, 0.29) is 0 Å². The molecule has 0 radical (unpaired) electrons. The van der Waals surface area contributed by atoms with E-state index in [0.29, 0.717) is 5.75 Å². The Labute approximate surface area is 137 Å². The van der Waals surface area contributed by atoms with Gasteiger partial charge in [-0.3, -0.25) is 0 Å². The fraction of sp³-hybridized carbons (Fsp3) is 0.118. The van der Waals surface area contributed by atoms with Gasteiger partial charge in [-0.1, -0.05) is 34.1 Å². The van der Waals surface area contributed by atoms with Crippen molar-refractivity contribution < 1.29 is 19.4 Å². The first-order valence-electron chi connectivity index (χ1n) is 6.55. The van der Waals surface area contributed by atoms with E-state index in [1.54, 1.807) is 25.3 Å². The predicted molar refractivity (Wildman–Crippen MR) is 88.1 cm³/mol. The number of fused-ring (bicyclic) bond motifs is 3. The molecule has 114 valence electrons. The molecule has 22 heavy (non-hydrogen) atoms. The molecule has 5 heteroatoms. The van der Waals surface area contributed by atoms with Crippen LogP contribution in [0.4, 0.5) is 0 Å². The third-order valence-electron chi connectivity index (χ3n) is 2.93. The van der Waals surface area contributed by atoms with Gasteiger partial charge in [-0.05, 0) is 35.9 Å². The number of carboxylic acid groups (broad SMARTS) is 1. The Morgan fingerprint density at radius 2 is 2.14 bits per heavy atom. The summed E-state index contributed by atoms with van der Waals surface area (Å²) in [6.07, 6.45) is 2.61.